The van der Waals surface area contributed by atoms with Crippen molar-refractivity contribution in [1.29, 1.82) is 0 Å². The quantitative estimate of drug-likeness (QED) is 0.687. The number of anilines is 2. The Labute approximate surface area is 87.6 Å². The van der Waals surface area contributed by atoms with Crippen molar-refractivity contribution < 1.29 is 27.8 Å². The maximum Gasteiger partial charge on any atom is 0.573 e. The van der Waals surface area contributed by atoms with Crippen LogP contribution in [0.4, 0.5) is 29.3 Å². The minimum absolute atomic E-state index is 0.0233. The van der Waals surface area contributed by atoms with Gasteiger partial charge in [-0.1, -0.05) is 0 Å². The van der Waals surface area contributed by atoms with E-state index in [9.17, 15) is 18.0 Å². The molecule has 0 unspecified atom stereocenters. The Balaban J connectivity index is 3.03. The lowest BCUT2D eigenvalue weighted by Crippen LogP contribution is -2.19. The van der Waals surface area contributed by atoms with E-state index in [-0.39, 0.29) is 11.4 Å². The molecule has 0 aliphatic heterocycles. The van der Waals surface area contributed by atoms with Gasteiger partial charge in [0, 0.05) is 11.8 Å². The number of hydrogen-bond acceptors (Lipinski definition) is 3. The summed E-state index contributed by atoms with van der Waals surface area (Å²) >= 11 is 0. The Morgan fingerprint density at radius 2 is 2.06 bits per heavy atom. The molecule has 0 aliphatic rings. The van der Waals surface area contributed by atoms with Crippen molar-refractivity contribution in [2.45, 2.75) is 6.36 Å². The van der Waals surface area contributed by atoms with Gasteiger partial charge >= 0.3 is 12.5 Å². The number of nitrogens with one attached hydrogen (secondary N) is 1. The van der Waals surface area contributed by atoms with E-state index in [1.165, 1.54) is 6.07 Å². The van der Waals surface area contributed by atoms with Crippen molar-refractivity contribution in [1.82, 2.24) is 0 Å². The average molecular weight is 236 g/mol. The van der Waals surface area contributed by atoms with Gasteiger partial charge in [-0.05, 0) is 12.1 Å². The monoisotopic (exact) mass is 236 g/mol. The molecule has 0 heterocycles. The van der Waals surface area contributed by atoms with E-state index in [0.717, 1.165) is 12.1 Å². The molecule has 0 aromatic heterocycles. The molecule has 88 valence electrons. The van der Waals surface area contributed by atoms with E-state index in [4.69, 9.17) is 10.8 Å². The summed E-state index contributed by atoms with van der Waals surface area (Å²) in [5.41, 5.74) is 4.94. The Morgan fingerprint density at radius 1 is 1.44 bits per heavy atom. The zero-order valence-electron chi connectivity index (χ0n) is 7.71. The molecule has 0 saturated carbocycles. The van der Waals surface area contributed by atoms with Crippen LogP contribution >= 0.6 is 0 Å². The van der Waals surface area contributed by atoms with Crippen LogP contribution in [0, 0.1) is 0 Å². The van der Waals surface area contributed by atoms with Crippen molar-refractivity contribution in [3.8, 4) is 5.75 Å². The van der Waals surface area contributed by atoms with Gasteiger partial charge in [-0.2, -0.15) is 0 Å². The summed E-state index contributed by atoms with van der Waals surface area (Å²) in [6.45, 7) is 0. The smallest absolute Gasteiger partial charge is 0.465 e. The number of benzene rings is 1. The fraction of sp³-hybridized carbons (Fsp3) is 0.125. The number of carbonyl (C=O) groups is 1. The third-order valence-electron chi connectivity index (χ3n) is 1.47. The lowest BCUT2D eigenvalue weighted by Gasteiger charge is -2.13. The van der Waals surface area contributed by atoms with Crippen LogP contribution in [0.25, 0.3) is 0 Å². The maximum absolute atomic E-state index is 12.0. The minimum Gasteiger partial charge on any atom is -0.465 e. The standard InChI is InChI=1S/C8H7F3N2O3/c9-8(10,11)16-6-3-4(12)1-2-5(6)13-7(14)15/h1-3,13H,12H2,(H,14,15). The topological polar surface area (TPSA) is 84.6 Å². The van der Waals surface area contributed by atoms with Crippen molar-refractivity contribution in [2.75, 3.05) is 11.1 Å². The van der Waals surface area contributed by atoms with E-state index in [2.05, 4.69) is 4.74 Å². The third-order valence-corrected chi connectivity index (χ3v) is 1.47. The number of rotatable bonds is 2. The molecule has 8 heteroatoms. The summed E-state index contributed by atoms with van der Waals surface area (Å²) in [4.78, 5) is 10.3. The van der Waals surface area contributed by atoms with Gasteiger partial charge in [-0.15, -0.1) is 13.2 Å². The largest absolute Gasteiger partial charge is 0.573 e. The highest BCUT2D eigenvalue weighted by atomic mass is 19.4. The lowest BCUT2D eigenvalue weighted by molar-refractivity contribution is -0.274. The third kappa shape index (κ3) is 3.56. The zero-order valence-corrected chi connectivity index (χ0v) is 7.71. The number of halogens is 3. The second kappa shape index (κ2) is 4.17. The fourth-order valence-corrected chi connectivity index (χ4v) is 0.967. The average Bonchev–Trinajstić information content (AvgIpc) is 2.06. The number of nitrogens with two attached hydrogens (primary N) is 1. The fourth-order valence-electron chi connectivity index (χ4n) is 0.967. The van der Waals surface area contributed by atoms with E-state index >= 15 is 0 Å². The van der Waals surface area contributed by atoms with E-state index in [1.54, 1.807) is 5.32 Å². The number of ether oxygens (including phenoxy) is 1. The highest BCUT2D eigenvalue weighted by Crippen LogP contribution is 2.31. The molecular formula is C8H7F3N2O3. The first-order valence-corrected chi connectivity index (χ1v) is 3.93. The Kier molecular flexibility index (Phi) is 3.11. The summed E-state index contributed by atoms with van der Waals surface area (Å²) < 4.78 is 39.5. The lowest BCUT2D eigenvalue weighted by atomic mass is 10.2. The number of amides is 1. The normalized spacial score (nSPS) is 10.9. The van der Waals surface area contributed by atoms with Gasteiger partial charge in [-0.25, -0.2) is 4.79 Å². The van der Waals surface area contributed by atoms with E-state index < -0.39 is 18.2 Å². The zero-order chi connectivity index (χ0) is 12.3. The summed E-state index contributed by atoms with van der Waals surface area (Å²) in [6, 6.07) is 3.19. The number of carboxylic acid groups (broad SMARTS) is 1. The van der Waals surface area contributed by atoms with Gasteiger partial charge in [0.15, 0.2) is 5.75 Å². The van der Waals surface area contributed by atoms with Crippen LogP contribution in [-0.4, -0.2) is 17.6 Å². The molecule has 0 spiro atoms. The molecule has 0 atom stereocenters. The molecule has 16 heavy (non-hydrogen) atoms. The Hall–Kier alpha value is -2.12. The second-order valence-corrected chi connectivity index (χ2v) is 2.73. The minimum atomic E-state index is -4.91. The molecule has 1 amide bonds. The van der Waals surface area contributed by atoms with Crippen LogP contribution < -0.4 is 15.8 Å². The summed E-state index contributed by atoms with van der Waals surface area (Å²) in [5, 5.41) is 10.1. The SMILES string of the molecule is Nc1ccc(NC(=O)O)c(OC(F)(F)F)c1. The van der Waals surface area contributed by atoms with Crippen LogP contribution in [0.2, 0.25) is 0 Å². The van der Waals surface area contributed by atoms with Gasteiger partial charge in [-0.3, -0.25) is 5.32 Å². The van der Waals surface area contributed by atoms with Crippen LogP contribution in [-0.2, 0) is 0 Å². The Morgan fingerprint density at radius 3 is 2.56 bits per heavy atom. The van der Waals surface area contributed by atoms with Crippen LogP contribution in [0.5, 0.6) is 5.75 Å². The molecule has 0 saturated heterocycles. The van der Waals surface area contributed by atoms with Crippen LogP contribution in [0.1, 0.15) is 0 Å². The molecular weight excluding hydrogens is 229 g/mol. The van der Waals surface area contributed by atoms with Gasteiger partial charge < -0.3 is 15.6 Å². The van der Waals surface area contributed by atoms with Crippen molar-refractivity contribution in [3.63, 3.8) is 0 Å². The Bertz CT molecular complexity index is 406. The molecule has 1 aromatic carbocycles. The molecule has 1 aromatic rings. The molecule has 0 fully saturated rings. The number of hydrogen-bond donors (Lipinski definition) is 3. The van der Waals surface area contributed by atoms with E-state index in [1.807, 2.05) is 0 Å². The summed E-state index contributed by atoms with van der Waals surface area (Å²) in [7, 11) is 0. The maximum atomic E-state index is 12.0. The molecule has 0 bridgehead atoms. The first kappa shape index (κ1) is 12.0. The number of nitrogen functional groups attached to an aromatic ring is 1. The molecule has 1 rings (SSSR count). The predicted octanol–water partition coefficient (Wildman–Crippen LogP) is 2.26. The van der Waals surface area contributed by atoms with Crippen molar-refractivity contribution in [3.05, 3.63) is 18.2 Å². The van der Waals surface area contributed by atoms with Crippen LogP contribution in [0.3, 0.4) is 0 Å². The first-order chi connectivity index (χ1) is 7.28. The molecule has 4 N–H and O–H groups in total. The molecule has 0 radical (unpaired) electrons. The highest BCUT2D eigenvalue weighted by Gasteiger charge is 2.32. The van der Waals surface area contributed by atoms with Gasteiger partial charge in [0.2, 0.25) is 0 Å². The molecule has 0 aliphatic carbocycles. The second-order valence-electron chi connectivity index (χ2n) is 2.73. The predicted molar refractivity (Wildman–Crippen MR) is 49.2 cm³/mol. The van der Waals surface area contributed by atoms with Crippen molar-refractivity contribution in [2.24, 2.45) is 0 Å². The van der Waals surface area contributed by atoms with Gasteiger partial charge in [0.1, 0.15) is 0 Å². The summed E-state index contributed by atoms with van der Waals surface area (Å²) in [5.74, 6) is -0.699. The highest BCUT2D eigenvalue weighted by molar-refractivity contribution is 5.85. The number of alkyl halides is 3. The van der Waals surface area contributed by atoms with Gasteiger partial charge in [0.25, 0.3) is 0 Å². The van der Waals surface area contributed by atoms with Gasteiger partial charge in [0.05, 0.1) is 5.69 Å². The molecule has 5 nitrogen and oxygen atoms in total. The summed E-state index contributed by atoms with van der Waals surface area (Å²) in [6.07, 6.45) is -6.42. The van der Waals surface area contributed by atoms with Crippen molar-refractivity contribution >= 4 is 17.5 Å². The first-order valence-electron chi connectivity index (χ1n) is 3.93. The van der Waals surface area contributed by atoms with Crippen LogP contribution in [0.15, 0.2) is 18.2 Å². The van der Waals surface area contributed by atoms with E-state index in [0.29, 0.717) is 0 Å².